The van der Waals surface area contributed by atoms with Gasteiger partial charge in [-0.25, -0.2) is 4.39 Å². The van der Waals surface area contributed by atoms with Gasteiger partial charge in [-0.15, -0.1) is 0 Å². The van der Waals surface area contributed by atoms with Gasteiger partial charge >= 0.3 is 0 Å². The summed E-state index contributed by atoms with van der Waals surface area (Å²) in [6.45, 7) is 0.916. The molecule has 0 bridgehead atoms. The Kier molecular flexibility index (Phi) is 5.87. The van der Waals surface area contributed by atoms with Crippen LogP contribution < -0.4 is 15.6 Å². The molecule has 1 aliphatic rings. The monoisotopic (exact) mass is 399 g/mol. The van der Waals surface area contributed by atoms with Gasteiger partial charge in [-0.3, -0.25) is 34.9 Å². The topological polar surface area (TPSA) is 105 Å². The molecule has 0 fully saturated rings. The normalized spacial score (nSPS) is 14.1. The van der Waals surface area contributed by atoms with Crippen molar-refractivity contribution >= 4 is 23.6 Å². The molecule has 0 spiro atoms. The first-order valence-electron chi connectivity index (χ1n) is 8.78. The molecule has 2 N–H and O–H groups in total. The van der Waals surface area contributed by atoms with Gasteiger partial charge in [0.1, 0.15) is 18.1 Å². The van der Waals surface area contributed by atoms with Crippen molar-refractivity contribution in [2.45, 2.75) is 19.4 Å². The summed E-state index contributed by atoms with van der Waals surface area (Å²) in [5, 5.41) is 0. The van der Waals surface area contributed by atoms with Crippen molar-refractivity contribution in [3.8, 4) is 5.75 Å². The molecule has 0 aromatic heterocycles. The van der Waals surface area contributed by atoms with Gasteiger partial charge in [0, 0.05) is 5.56 Å². The molecule has 29 heavy (non-hydrogen) atoms. The minimum absolute atomic E-state index is 0.0180. The van der Waals surface area contributed by atoms with Gasteiger partial charge in [-0.1, -0.05) is 18.2 Å². The number of nitrogens with zero attached hydrogens (tertiary/aromatic N) is 1. The van der Waals surface area contributed by atoms with Crippen molar-refractivity contribution in [2.24, 2.45) is 0 Å². The molecule has 0 radical (unpaired) electrons. The summed E-state index contributed by atoms with van der Waals surface area (Å²) < 4.78 is 18.2. The first kappa shape index (κ1) is 20.0. The van der Waals surface area contributed by atoms with E-state index in [-0.39, 0.29) is 12.2 Å². The SMILES string of the molecule is C[C@@H](Oc1ccc(F)cc1)C(=O)NNC(=O)CN1C(=O)Cc2ccccc2C1=O. The van der Waals surface area contributed by atoms with Crippen LogP contribution in [0.3, 0.4) is 0 Å². The Morgan fingerprint density at radius 2 is 1.79 bits per heavy atom. The summed E-state index contributed by atoms with van der Waals surface area (Å²) in [5.74, 6) is -2.62. The molecule has 8 nitrogen and oxygen atoms in total. The molecule has 3 rings (SSSR count). The highest BCUT2D eigenvalue weighted by molar-refractivity contribution is 6.11. The molecule has 150 valence electrons. The number of carbonyl (C=O) groups is 4. The Balaban J connectivity index is 1.51. The van der Waals surface area contributed by atoms with E-state index < -0.39 is 42.1 Å². The van der Waals surface area contributed by atoms with Crippen molar-refractivity contribution in [2.75, 3.05) is 6.54 Å². The van der Waals surface area contributed by atoms with Crippen LogP contribution in [-0.2, 0) is 20.8 Å². The van der Waals surface area contributed by atoms with Crippen LogP contribution >= 0.6 is 0 Å². The third-order valence-electron chi connectivity index (χ3n) is 4.26. The number of hydrogen-bond acceptors (Lipinski definition) is 5. The molecule has 9 heteroatoms. The molecule has 2 aromatic rings. The number of rotatable bonds is 5. The largest absolute Gasteiger partial charge is 0.481 e. The molecule has 4 amide bonds. The highest BCUT2D eigenvalue weighted by Crippen LogP contribution is 2.19. The zero-order chi connectivity index (χ0) is 21.0. The van der Waals surface area contributed by atoms with E-state index in [0.29, 0.717) is 11.1 Å². The van der Waals surface area contributed by atoms with Gasteiger partial charge in [0.25, 0.3) is 17.7 Å². The second-order valence-corrected chi connectivity index (χ2v) is 6.37. The molecule has 0 unspecified atom stereocenters. The highest BCUT2D eigenvalue weighted by atomic mass is 19.1. The number of hydrogen-bond donors (Lipinski definition) is 2. The van der Waals surface area contributed by atoms with E-state index in [9.17, 15) is 23.6 Å². The number of nitrogens with one attached hydrogen (secondary N) is 2. The van der Waals surface area contributed by atoms with Crippen LogP contribution in [0, 0.1) is 5.82 Å². The van der Waals surface area contributed by atoms with Crippen LogP contribution in [-0.4, -0.2) is 41.2 Å². The fourth-order valence-corrected chi connectivity index (χ4v) is 2.75. The average Bonchev–Trinajstić information content (AvgIpc) is 2.71. The van der Waals surface area contributed by atoms with E-state index in [1.54, 1.807) is 24.3 Å². The lowest BCUT2D eigenvalue weighted by molar-refractivity contribution is -0.136. The van der Waals surface area contributed by atoms with Crippen molar-refractivity contribution < 1.29 is 28.3 Å². The van der Waals surface area contributed by atoms with Crippen LogP contribution in [0.1, 0.15) is 22.8 Å². The first-order valence-corrected chi connectivity index (χ1v) is 8.78. The van der Waals surface area contributed by atoms with Gasteiger partial charge < -0.3 is 4.74 Å². The maximum atomic E-state index is 12.9. The predicted molar refractivity (Wildman–Crippen MR) is 99.0 cm³/mol. The van der Waals surface area contributed by atoms with E-state index in [0.717, 1.165) is 4.90 Å². The van der Waals surface area contributed by atoms with Gasteiger partial charge in [-0.05, 0) is 42.8 Å². The Morgan fingerprint density at radius 1 is 1.10 bits per heavy atom. The van der Waals surface area contributed by atoms with E-state index in [1.165, 1.54) is 31.2 Å². The van der Waals surface area contributed by atoms with Gasteiger partial charge in [0.05, 0.1) is 6.42 Å². The summed E-state index contributed by atoms with van der Waals surface area (Å²) in [6, 6.07) is 11.8. The minimum atomic E-state index is -0.981. The third kappa shape index (κ3) is 4.75. The van der Waals surface area contributed by atoms with Crippen molar-refractivity contribution in [3.05, 3.63) is 65.5 Å². The molecular weight excluding hydrogens is 381 g/mol. The second-order valence-electron chi connectivity index (χ2n) is 6.37. The van der Waals surface area contributed by atoms with Crippen LogP contribution in [0.25, 0.3) is 0 Å². The predicted octanol–water partition coefficient (Wildman–Crippen LogP) is 0.965. The summed E-state index contributed by atoms with van der Waals surface area (Å²) in [7, 11) is 0. The van der Waals surface area contributed by atoms with E-state index in [1.807, 2.05) is 0 Å². The molecule has 2 aromatic carbocycles. The lowest BCUT2D eigenvalue weighted by atomic mass is 9.98. The fourth-order valence-electron chi connectivity index (χ4n) is 2.75. The third-order valence-corrected chi connectivity index (χ3v) is 4.26. The number of carbonyl (C=O) groups excluding carboxylic acids is 4. The quantitative estimate of drug-likeness (QED) is 0.576. The van der Waals surface area contributed by atoms with Gasteiger partial charge in [0.2, 0.25) is 5.91 Å². The number of benzene rings is 2. The number of fused-ring (bicyclic) bond motifs is 1. The number of hydrazine groups is 1. The molecule has 1 aliphatic heterocycles. The van der Waals surface area contributed by atoms with E-state index in [2.05, 4.69) is 10.9 Å². The van der Waals surface area contributed by atoms with E-state index >= 15 is 0 Å². The average molecular weight is 399 g/mol. The lowest BCUT2D eigenvalue weighted by Gasteiger charge is -2.26. The summed E-state index contributed by atoms with van der Waals surface area (Å²) >= 11 is 0. The Labute approximate surface area is 165 Å². The van der Waals surface area contributed by atoms with Crippen molar-refractivity contribution in [1.82, 2.24) is 15.8 Å². The Hall–Kier alpha value is -3.75. The van der Waals surface area contributed by atoms with Crippen molar-refractivity contribution in [1.29, 1.82) is 0 Å². The van der Waals surface area contributed by atoms with Crippen LogP contribution in [0.15, 0.2) is 48.5 Å². The summed E-state index contributed by atoms with van der Waals surface area (Å²) in [4.78, 5) is 49.5. The van der Waals surface area contributed by atoms with E-state index in [4.69, 9.17) is 4.74 Å². The smallest absolute Gasteiger partial charge is 0.279 e. The Morgan fingerprint density at radius 3 is 2.52 bits per heavy atom. The first-order chi connectivity index (χ1) is 13.8. The molecule has 1 atom stereocenters. The maximum absolute atomic E-state index is 12.9. The number of imide groups is 1. The molecular formula is C20H18FN3O5. The van der Waals surface area contributed by atoms with Gasteiger partial charge in [-0.2, -0.15) is 0 Å². The number of ether oxygens (including phenoxy) is 1. The standard InChI is InChI=1S/C20H18FN3O5/c1-12(29-15-8-6-14(21)7-9-15)19(27)23-22-17(25)11-24-18(26)10-13-4-2-3-5-16(13)20(24)28/h2-9,12H,10-11H2,1H3,(H,22,25)(H,23,27)/t12-/m1/s1. The van der Waals surface area contributed by atoms with Crippen LogP contribution in [0.5, 0.6) is 5.75 Å². The molecule has 0 saturated carbocycles. The zero-order valence-electron chi connectivity index (χ0n) is 15.5. The lowest BCUT2D eigenvalue weighted by Crippen LogP contribution is -2.52. The molecule has 0 saturated heterocycles. The zero-order valence-corrected chi connectivity index (χ0v) is 15.5. The summed E-state index contributed by atoms with van der Waals surface area (Å²) in [5.41, 5.74) is 5.29. The van der Waals surface area contributed by atoms with Crippen molar-refractivity contribution in [3.63, 3.8) is 0 Å². The van der Waals surface area contributed by atoms with Gasteiger partial charge in [0.15, 0.2) is 6.10 Å². The number of amides is 4. The highest BCUT2D eigenvalue weighted by Gasteiger charge is 2.32. The molecule has 0 aliphatic carbocycles. The fraction of sp³-hybridized carbons (Fsp3) is 0.200. The maximum Gasteiger partial charge on any atom is 0.279 e. The minimum Gasteiger partial charge on any atom is -0.481 e. The number of halogens is 1. The second kappa shape index (κ2) is 8.51. The molecule has 1 heterocycles. The summed E-state index contributed by atoms with van der Waals surface area (Å²) in [6.07, 6.45) is -0.963. The van der Waals surface area contributed by atoms with Crippen LogP contribution in [0.4, 0.5) is 4.39 Å². The van der Waals surface area contributed by atoms with Crippen LogP contribution in [0.2, 0.25) is 0 Å². The Bertz CT molecular complexity index is 961.